The van der Waals surface area contributed by atoms with Crippen LogP contribution < -0.4 is 10.5 Å². The first-order valence-electron chi connectivity index (χ1n) is 5.71. The molecule has 1 aromatic heterocycles. The van der Waals surface area contributed by atoms with Crippen LogP contribution >= 0.6 is 0 Å². The van der Waals surface area contributed by atoms with Crippen LogP contribution in [0, 0.1) is 5.82 Å². The van der Waals surface area contributed by atoms with Gasteiger partial charge in [0.2, 0.25) is 0 Å². The standard InChI is InChI=1S/C13H16FN3O/c1-9(15)12-5-10(14)3-4-13(12)18-7-11-6-16-8-17(11)2/h3-6,8-9H,7,15H2,1-2H3/t9-/m1/s1. The molecule has 96 valence electrons. The first kappa shape index (κ1) is 12.6. The zero-order valence-electron chi connectivity index (χ0n) is 10.4. The van der Waals surface area contributed by atoms with Gasteiger partial charge < -0.3 is 15.0 Å². The number of ether oxygens (including phenoxy) is 1. The van der Waals surface area contributed by atoms with E-state index in [9.17, 15) is 4.39 Å². The molecule has 0 saturated heterocycles. The van der Waals surface area contributed by atoms with E-state index in [1.807, 2.05) is 11.6 Å². The molecule has 2 N–H and O–H groups in total. The maximum absolute atomic E-state index is 13.2. The number of nitrogens with two attached hydrogens (primary N) is 1. The van der Waals surface area contributed by atoms with Crippen molar-refractivity contribution in [2.45, 2.75) is 19.6 Å². The van der Waals surface area contributed by atoms with Gasteiger partial charge in [0, 0.05) is 18.7 Å². The van der Waals surface area contributed by atoms with Crippen molar-refractivity contribution in [2.75, 3.05) is 0 Å². The number of nitrogens with zero attached hydrogens (tertiary/aromatic N) is 2. The highest BCUT2D eigenvalue weighted by Gasteiger charge is 2.10. The molecule has 0 aliphatic heterocycles. The van der Waals surface area contributed by atoms with Gasteiger partial charge >= 0.3 is 0 Å². The van der Waals surface area contributed by atoms with E-state index in [0.717, 1.165) is 5.69 Å². The van der Waals surface area contributed by atoms with Crippen molar-refractivity contribution in [3.63, 3.8) is 0 Å². The Morgan fingerprint density at radius 2 is 2.28 bits per heavy atom. The number of aromatic nitrogens is 2. The smallest absolute Gasteiger partial charge is 0.130 e. The van der Waals surface area contributed by atoms with E-state index in [1.165, 1.54) is 12.1 Å². The molecule has 0 unspecified atom stereocenters. The summed E-state index contributed by atoms with van der Waals surface area (Å²) in [4.78, 5) is 4.00. The molecule has 1 heterocycles. The number of aryl methyl sites for hydroxylation is 1. The lowest BCUT2D eigenvalue weighted by molar-refractivity contribution is 0.292. The molecule has 2 rings (SSSR count). The first-order chi connectivity index (χ1) is 8.58. The maximum Gasteiger partial charge on any atom is 0.130 e. The highest BCUT2D eigenvalue weighted by molar-refractivity contribution is 5.36. The van der Waals surface area contributed by atoms with E-state index in [1.54, 1.807) is 25.5 Å². The molecule has 0 amide bonds. The predicted octanol–water partition coefficient (Wildman–Crippen LogP) is 2.16. The fourth-order valence-electron chi connectivity index (χ4n) is 1.68. The molecule has 0 aliphatic carbocycles. The van der Waals surface area contributed by atoms with E-state index in [0.29, 0.717) is 17.9 Å². The SMILES string of the molecule is C[C@@H](N)c1cc(F)ccc1OCc1cncn1C. The van der Waals surface area contributed by atoms with E-state index in [2.05, 4.69) is 4.98 Å². The third-order valence-electron chi connectivity index (χ3n) is 2.75. The predicted molar refractivity (Wildman–Crippen MR) is 66.5 cm³/mol. The summed E-state index contributed by atoms with van der Waals surface area (Å²) in [5.41, 5.74) is 7.40. The van der Waals surface area contributed by atoms with Crippen LogP contribution in [0.15, 0.2) is 30.7 Å². The fraction of sp³-hybridized carbons (Fsp3) is 0.308. The Bertz CT molecular complexity index is 537. The van der Waals surface area contributed by atoms with E-state index in [4.69, 9.17) is 10.5 Å². The first-order valence-corrected chi connectivity index (χ1v) is 5.71. The minimum atomic E-state index is -0.310. The van der Waals surface area contributed by atoms with Crippen molar-refractivity contribution in [1.29, 1.82) is 0 Å². The van der Waals surface area contributed by atoms with Crippen molar-refractivity contribution in [1.82, 2.24) is 9.55 Å². The molecule has 2 aromatic rings. The number of hydrogen-bond donors (Lipinski definition) is 1. The summed E-state index contributed by atoms with van der Waals surface area (Å²) in [5.74, 6) is 0.294. The lowest BCUT2D eigenvalue weighted by Crippen LogP contribution is -2.09. The summed E-state index contributed by atoms with van der Waals surface area (Å²) in [6.07, 6.45) is 3.44. The van der Waals surface area contributed by atoms with Crippen LogP contribution in [0.2, 0.25) is 0 Å². The van der Waals surface area contributed by atoms with Gasteiger partial charge in [0.1, 0.15) is 18.2 Å². The lowest BCUT2D eigenvalue weighted by atomic mass is 10.1. The van der Waals surface area contributed by atoms with E-state index in [-0.39, 0.29) is 11.9 Å². The van der Waals surface area contributed by atoms with Crippen molar-refractivity contribution < 1.29 is 9.13 Å². The molecule has 1 aromatic carbocycles. The number of benzene rings is 1. The molecule has 0 saturated carbocycles. The molecule has 18 heavy (non-hydrogen) atoms. The molecule has 0 aliphatic rings. The maximum atomic E-state index is 13.2. The van der Waals surface area contributed by atoms with Crippen LogP contribution in [0.3, 0.4) is 0 Å². The summed E-state index contributed by atoms with van der Waals surface area (Å²) in [5, 5.41) is 0. The van der Waals surface area contributed by atoms with Crippen LogP contribution in [0.4, 0.5) is 4.39 Å². The normalized spacial score (nSPS) is 12.4. The number of hydrogen-bond acceptors (Lipinski definition) is 3. The molecule has 4 nitrogen and oxygen atoms in total. The summed E-state index contributed by atoms with van der Waals surface area (Å²) in [6, 6.07) is 4.10. The monoisotopic (exact) mass is 249 g/mol. The Morgan fingerprint density at radius 1 is 1.50 bits per heavy atom. The quantitative estimate of drug-likeness (QED) is 0.903. The number of halogens is 1. The van der Waals surface area contributed by atoms with Gasteiger partial charge in [-0.15, -0.1) is 0 Å². The van der Waals surface area contributed by atoms with Crippen LogP contribution in [0.5, 0.6) is 5.75 Å². The van der Waals surface area contributed by atoms with Gasteiger partial charge in [0.15, 0.2) is 0 Å². The zero-order valence-corrected chi connectivity index (χ0v) is 10.4. The van der Waals surface area contributed by atoms with Gasteiger partial charge in [0.05, 0.1) is 18.2 Å². The molecule has 0 spiro atoms. The molecule has 0 radical (unpaired) electrons. The highest BCUT2D eigenvalue weighted by atomic mass is 19.1. The van der Waals surface area contributed by atoms with Crippen molar-refractivity contribution in [2.24, 2.45) is 12.8 Å². The Morgan fingerprint density at radius 3 is 2.89 bits per heavy atom. The second-order valence-corrected chi connectivity index (χ2v) is 4.26. The summed E-state index contributed by atoms with van der Waals surface area (Å²) in [6.45, 7) is 2.17. The Balaban J connectivity index is 2.16. The van der Waals surface area contributed by atoms with Crippen LogP contribution in [-0.4, -0.2) is 9.55 Å². The Labute approximate surface area is 105 Å². The van der Waals surface area contributed by atoms with Crippen molar-refractivity contribution in [3.8, 4) is 5.75 Å². The Hall–Kier alpha value is -1.88. The summed E-state index contributed by atoms with van der Waals surface area (Å²) >= 11 is 0. The van der Waals surface area contributed by atoms with E-state index < -0.39 is 0 Å². The minimum absolute atomic E-state index is 0.276. The third kappa shape index (κ3) is 2.68. The van der Waals surface area contributed by atoms with Crippen molar-refractivity contribution >= 4 is 0 Å². The molecule has 0 bridgehead atoms. The van der Waals surface area contributed by atoms with Crippen molar-refractivity contribution in [3.05, 3.63) is 47.8 Å². The molecule has 5 heteroatoms. The lowest BCUT2D eigenvalue weighted by Gasteiger charge is -2.14. The van der Waals surface area contributed by atoms with E-state index >= 15 is 0 Å². The van der Waals surface area contributed by atoms with Crippen LogP contribution in [0.25, 0.3) is 0 Å². The average Bonchev–Trinajstić information content (AvgIpc) is 2.73. The fourth-order valence-corrected chi connectivity index (χ4v) is 1.68. The minimum Gasteiger partial charge on any atom is -0.487 e. The largest absolute Gasteiger partial charge is 0.487 e. The van der Waals surface area contributed by atoms with Gasteiger partial charge in [-0.2, -0.15) is 0 Å². The van der Waals surface area contributed by atoms with Gasteiger partial charge in [-0.05, 0) is 25.1 Å². The third-order valence-corrected chi connectivity index (χ3v) is 2.75. The van der Waals surface area contributed by atoms with Crippen LogP contribution in [0.1, 0.15) is 24.2 Å². The Kier molecular flexibility index (Phi) is 3.62. The average molecular weight is 249 g/mol. The zero-order chi connectivity index (χ0) is 13.1. The molecule has 0 fully saturated rings. The second-order valence-electron chi connectivity index (χ2n) is 4.26. The topological polar surface area (TPSA) is 53.1 Å². The van der Waals surface area contributed by atoms with Gasteiger partial charge in [-0.25, -0.2) is 9.37 Å². The highest BCUT2D eigenvalue weighted by Crippen LogP contribution is 2.25. The summed E-state index contributed by atoms with van der Waals surface area (Å²) in [7, 11) is 1.89. The number of imidazole rings is 1. The van der Waals surface area contributed by atoms with Gasteiger partial charge in [-0.3, -0.25) is 0 Å². The second kappa shape index (κ2) is 5.18. The summed E-state index contributed by atoms with van der Waals surface area (Å²) < 4.78 is 20.7. The molecular formula is C13H16FN3O. The number of rotatable bonds is 4. The van der Waals surface area contributed by atoms with Gasteiger partial charge in [0.25, 0.3) is 0 Å². The molecule has 1 atom stereocenters. The molecular weight excluding hydrogens is 233 g/mol. The van der Waals surface area contributed by atoms with Crippen LogP contribution in [-0.2, 0) is 13.7 Å². The van der Waals surface area contributed by atoms with Gasteiger partial charge in [-0.1, -0.05) is 0 Å².